The summed E-state index contributed by atoms with van der Waals surface area (Å²) >= 11 is 0. The predicted octanol–water partition coefficient (Wildman–Crippen LogP) is 7.80. The largest absolute Gasteiger partial charge is 0.419 e. The summed E-state index contributed by atoms with van der Waals surface area (Å²) in [7, 11) is -2.41. The third kappa shape index (κ3) is 3.78. The lowest BCUT2D eigenvalue weighted by molar-refractivity contribution is -0.140. The molecule has 2 aromatic carbocycles. The summed E-state index contributed by atoms with van der Waals surface area (Å²) in [5.74, 6) is -3.44. The number of aromatic nitrogens is 1. The first kappa shape index (κ1) is 26.4. The van der Waals surface area contributed by atoms with Gasteiger partial charge >= 0.3 is 6.18 Å². The molecule has 9 heteroatoms. The van der Waals surface area contributed by atoms with Crippen LogP contribution in [-0.2, 0) is 6.18 Å². The van der Waals surface area contributed by atoms with Crippen molar-refractivity contribution in [3.8, 4) is 0 Å². The van der Waals surface area contributed by atoms with Gasteiger partial charge in [-0.1, -0.05) is 65.8 Å². The number of aromatic amines is 1. The molecule has 3 nitrogen and oxygen atoms in total. The molecule has 2 heterocycles. The van der Waals surface area contributed by atoms with Crippen molar-refractivity contribution in [2.75, 3.05) is 4.90 Å². The Kier molecular flexibility index (Phi) is 6.62. The molecule has 1 aromatic heterocycles. The number of nitrogens with two attached hydrogens (primary N) is 1. The molecule has 0 saturated heterocycles. The van der Waals surface area contributed by atoms with Crippen LogP contribution in [0.2, 0.25) is 16.6 Å². The van der Waals surface area contributed by atoms with Gasteiger partial charge in [-0.2, -0.15) is 13.2 Å². The summed E-state index contributed by atoms with van der Waals surface area (Å²) in [6.07, 6.45) is -3.18. The Morgan fingerprint density at radius 1 is 0.944 bits per heavy atom. The zero-order valence-corrected chi connectivity index (χ0v) is 22.3. The number of alkyl halides is 3. The number of halogens is 5. The Labute approximate surface area is 209 Å². The minimum Gasteiger partial charge on any atom is -0.360 e. The van der Waals surface area contributed by atoms with Gasteiger partial charge in [-0.15, -0.1) is 0 Å². The molecule has 0 aliphatic carbocycles. The second kappa shape index (κ2) is 9.02. The average Bonchev–Trinajstić information content (AvgIpc) is 3.14. The van der Waals surface area contributed by atoms with Crippen molar-refractivity contribution in [3.63, 3.8) is 0 Å². The molecule has 0 saturated carbocycles. The molecule has 1 atom stereocenters. The smallest absolute Gasteiger partial charge is 0.360 e. The molecule has 3 aromatic rings. The number of nitrogens with one attached hydrogen (secondary N) is 1. The third-order valence-electron chi connectivity index (χ3n) is 7.76. The molecule has 0 spiro atoms. The van der Waals surface area contributed by atoms with Gasteiger partial charge in [0.1, 0.15) is 14.2 Å². The van der Waals surface area contributed by atoms with Crippen molar-refractivity contribution < 1.29 is 22.0 Å². The lowest BCUT2D eigenvalue weighted by atomic mass is 10.0. The van der Waals surface area contributed by atoms with Gasteiger partial charge in [0.2, 0.25) is 0 Å². The highest BCUT2D eigenvalue weighted by Gasteiger charge is 2.49. The number of hydrogen-bond acceptors (Lipinski definition) is 2. The number of H-pyrrole nitrogens is 1. The van der Waals surface area contributed by atoms with Crippen molar-refractivity contribution in [3.05, 3.63) is 59.2 Å². The van der Waals surface area contributed by atoms with Crippen molar-refractivity contribution in [1.82, 2.24) is 4.98 Å². The van der Waals surface area contributed by atoms with E-state index in [9.17, 15) is 17.6 Å². The molecule has 1 aliphatic heterocycles. The van der Waals surface area contributed by atoms with Crippen molar-refractivity contribution >= 4 is 41.7 Å². The number of fused-ring (bicyclic) bond motifs is 2. The Bertz CT molecular complexity index is 1300. The van der Waals surface area contributed by atoms with E-state index in [0.29, 0.717) is 11.8 Å². The van der Waals surface area contributed by atoms with E-state index < -0.39 is 37.6 Å². The zero-order valence-electron chi connectivity index (χ0n) is 21.3. The predicted molar refractivity (Wildman–Crippen MR) is 139 cm³/mol. The zero-order chi connectivity index (χ0) is 26.7. The Morgan fingerprint density at radius 3 is 2.08 bits per heavy atom. The topological polar surface area (TPSA) is 45.0 Å². The van der Waals surface area contributed by atoms with Gasteiger partial charge in [0.25, 0.3) is 0 Å². The number of benzene rings is 2. The van der Waals surface area contributed by atoms with Crippen LogP contribution in [0, 0.1) is 11.6 Å². The molecule has 0 bridgehead atoms. The minimum absolute atomic E-state index is 0.0959. The minimum atomic E-state index is -5.06. The molecule has 1 unspecified atom stereocenters. The van der Waals surface area contributed by atoms with Crippen molar-refractivity contribution in [1.29, 1.82) is 0 Å². The SMILES string of the molecule is CC(C)[Si](c1[nH]c2ccccc2c1N1c2cc(C(F)(F)F)c(F)c(F)c2C=CC1N)(C(C)C)C(C)C. The monoisotopic (exact) mass is 521 g/mol. The summed E-state index contributed by atoms with van der Waals surface area (Å²) < 4.78 is 70.8. The molecule has 4 rings (SSSR count). The molecule has 3 N–H and O–H groups in total. The van der Waals surface area contributed by atoms with E-state index >= 15 is 4.39 Å². The maximum atomic E-state index is 15.1. The van der Waals surface area contributed by atoms with Crippen LogP contribution in [0.3, 0.4) is 0 Å². The standard InChI is InChI=1S/C27H32F5N3Si/c1-14(2)36(15(3)4,16(5)6)26-25(17-9-7-8-10-20(17)34-26)35-21-13-19(27(30,31)32)24(29)23(28)18(21)11-12-22(35)33/h7-16,22,34H,33H2,1-6H3. The lowest BCUT2D eigenvalue weighted by Gasteiger charge is -2.45. The van der Waals surface area contributed by atoms with Gasteiger partial charge in [-0.3, -0.25) is 0 Å². The van der Waals surface area contributed by atoms with Crippen LogP contribution >= 0.6 is 0 Å². The van der Waals surface area contributed by atoms with Crippen LogP contribution in [0.15, 0.2) is 36.4 Å². The fourth-order valence-corrected chi connectivity index (χ4v) is 13.2. The summed E-state index contributed by atoms with van der Waals surface area (Å²) in [5.41, 5.74) is 6.81. The van der Waals surface area contributed by atoms with Crippen LogP contribution in [0.1, 0.15) is 52.7 Å². The van der Waals surface area contributed by atoms with Crippen LogP contribution < -0.4 is 16.0 Å². The fraction of sp³-hybridized carbons (Fsp3) is 0.407. The number of anilines is 2. The molecule has 0 amide bonds. The van der Waals surface area contributed by atoms with Crippen LogP contribution in [-0.4, -0.2) is 19.2 Å². The van der Waals surface area contributed by atoms with Gasteiger partial charge in [0, 0.05) is 21.8 Å². The molecule has 0 fully saturated rings. The molecule has 194 valence electrons. The normalized spacial score (nSPS) is 16.6. The summed E-state index contributed by atoms with van der Waals surface area (Å²) in [4.78, 5) is 5.17. The number of nitrogens with zero attached hydrogens (tertiary/aromatic N) is 1. The lowest BCUT2D eigenvalue weighted by Crippen LogP contribution is -2.58. The molecule has 0 radical (unpaired) electrons. The molecule has 36 heavy (non-hydrogen) atoms. The van der Waals surface area contributed by atoms with E-state index in [1.807, 2.05) is 24.3 Å². The second-order valence-corrected chi connectivity index (χ2v) is 16.3. The van der Waals surface area contributed by atoms with Gasteiger partial charge < -0.3 is 15.6 Å². The van der Waals surface area contributed by atoms with Crippen LogP contribution in [0.5, 0.6) is 0 Å². The average molecular weight is 522 g/mol. The van der Waals surface area contributed by atoms with Crippen LogP contribution in [0.4, 0.5) is 33.3 Å². The van der Waals surface area contributed by atoms with Gasteiger partial charge in [0.05, 0.1) is 16.9 Å². The third-order valence-corrected chi connectivity index (χ3v) is 14.7. The molecular formula is C27H32F5N3Si. The van der Waals surface area contributed by atoms with Crippen molar-refractivity contribution in [2.45, 2.75) is 70.5 Å². The van der Waals surface area contributed by atoms with Crippen LogP contribution in [0.25, 0.3) is 17.0 Å². The number of rotatable bonds is 5. The summed E-state index contributed by atoms with van der Waals surface area (Å²) in [6.45, 7) is 13.1. The quantitative estimate of drug-likeness (QED) is 0.266. The van der Waals surface area contributed by atoms with E-state index in [0.717, 1.165) is 16.2 Å². The van der Waals surface area contributed by atoms with E-state index in [2.05, 4.69) is 46.5 Å². The highest BCUT2D eigenvalue weighted by atomic mass is 28.3. The maximum Gasteiger partial charge on any atom is 0.419 e. The number of para-hydroxylation sites is 1. The summed E-state index contributed by atoms with van der Waals surface area (Å²) in [6, 6.07) is 8.23. The molecular weight excluding hydrogens is 489 g/mol. The van der Waals surface area contributed by atoms with Gasteiger partial charge in [-0.05, 0) is 34.8 Å². The first-order valence-electron chi connectivity index (χ1n) is 12.2. The fourth-order valence-electron chi connectivity index (χ4n) is 6.46. The second-order valence-electron chi connectivity index (χ2n) is 10.5. The van der Waals surface area contributed by atoms with Crippen molar-refractivity contribution in [2.24, 2.45) is 5.73 Å². The first-order chi connectivity index (χ1) is 16.7. The Hall–Kier alpha value is -2.65. The highest BCUT2D eigenvalue weighted by Crippen LogP contribution is 2.48. The number of hydrogen-bond donors (Lipinski definition) is 2. The first-order valence-corrected chi connectivity index (χ1v) is 14.4. The molecule has 1 aliphatic rings. The maximum absolute atomic E-state index is 15.1. The van der Waals surface area contributed by atoms with Gasteiger partial charge in [0.15, 0.2) is 11.6 Å². The Morgan fingerprint density at radius 2 is 1.53 bits per heavy atom. The van der Waals surface area contributed by atoms with E-state index in [-0.39, 0.29) is 27.9 Å². The van der Waals surface area contributed by atoms with E-state index in [4.69, 9.17) is 5.73 Å². The van der Waals surface area contributed by atoms with E-state index in [1.54, 1.807) is 4.90 Å². The van der Waals surface area contributed by atoms with E-state index in [1.165, 1.54) is 12.2 Å². The summed E-state index contributed by atoms with van der Waals surface area (Å²) in [5, 5.41) is 1.74. The Balaban J connectivity index is 2.15. The van der Waals surface area contributed by atoms with Gasteiger partial charge in [-0.25, -0.2) is 8.78 Å². The highest BCUT2D eigenvalue weighted by molar-refractivity contribution is 6.95.